The third kappa shape index (κ3) is 17.0. The molecule has 9 nitrogen and oxygen atoms in total. The minimum Gasteiger partial charge on any atom is -0.381 e. The van der Waals surface area contributed by atoms with Crippen LogP contribution in [-0.4, -0.2) is 46.4 Å². The normalized spacial score (nSPS) is 11.5. The van der Waals surface area contributed by atoms with E-state index in [4.69, 9.17) is 29.9 Å². The fourth-order valence-electron chi connectivity index (χ4n) is 18.7. The fourth-order valence-corrected chi connectivity index (χ4v) is 18.7. The molecule has 1 N–H and O–H groups in total. The maximum Gasteiger partial charge on any atom is 0.161 e. The number of pyridine rings is 2. The number of nitrogens with zero attached hydrogens (tertiary/aromatic N) is 8. The Balaban J connectivity index is 0.000000115. The van der Waals surface area contributed by atoms with Crippen LogP contribution in [0.25, 0.3) is 239 Å². The molecule has 6 heterocycles. The molecule has 0 aliphatic carbocycles. The van der Waals surface area contributed by atoms with Gasteiger partial charge < -0.3 is 5.32 Å². The quantitative estimate of drug-likeness (QED) is 0.100. The van der Waals surface area contributed by atoms with E-state index in [-0.39, 0.29) is 0 Å². The zero-order chi connectivity index (χ0) is 90.5. The SMILES string of the molecule is C1=Cc2cc(-c3cccc(-c4cc(-c5ccc(-c6ccccc6)cc5)nc(-c5cc6ccccc6c6ccccc56)n4)c3)ccc2NC1.c1ccc(-c2ccc(-c3cc(-c4cccc(-c5cccnc5)c4)nc(-c4ccc5c6ccccc6c6ccccc6c5c4)n3)cc2)cc1.c1ccc(-c2ccc(-c3cc(-c4cccc(-c5cccnc5)c4)nc(-c4cccc5ccccc45)n3)cc2)cc1. The van der Waals surface area contributed by atoms with Gasteiger partial charge in [0.05, 0.1) is 34.2 Å². The average molecular weight is 1740 g/mol. The first-order chi connectivity index (χ1) is 67.4. The van der Waals surface area contributed by atoms with E-state index in [9.17, 15) is 0 Å². The van der Waals surface area contributed by atoms with Crippen molar-refractivity contribution in [3.63, 3.8) is 0 Å². The lowest BCUT2D eigenvalue weighted by atomic mass is 9.93. The molecule has 1 aliphatic heterocycles. The summed E-state index contributed by atoms with van der Waals surface area (Å²) in [5.41, 5.74) is 30.7. The van der Waals surface area contributed by atoms with Gasteiger partial charge in [0, 0.05) is 98.2 Å². The van der Waals surface area contributed by atoms with Crippen LogP contribution in [0.5, 0.6) is 0 Å². The molecule has 19 aromatic carbocycles. The first kappa shape index (κ1) is 82.2. The number of benzene rings is 19. The van der Waals surface area contributed by atoms with Gasteiger partial charge in [-0.2, -0.15) is 0 Å². The first-order valence-corrected chi connectivity index (χ1v) is 45.9. The number of hydrogen-bond acceptors (Lipinski definition) is 9. The summed E-state index contributed by atoms with van der Waals surface area (Å²) in [6.07, 6.45) is 11.7. The van der Waals surface area contributed by atoms with Crippen LogP contribution in [0.1, 0.15) is 5.56 Å². The molecule has 9 heteroatoms. The highest BCUT2D eigenvalue weighted by atomic mass is 14.9. The fraction of sp³-hybridized carbons (Fsp3) is 0.00787. The molecule has 0 spiro atoms. The summed E-state index contributed by atoms with van der Waals surface area (Å²) in [4.78, 5) is 39.9. The Morgan fingerprint density at radius 1 is 0.176 bits per heavy atom. The number of rotatable bonds is 15. The first-order valence-electron chi connectivity index (χ1n) is 45.9. The number of anilines is 1. The Morgan fingerprint density at radius 3 is 0.978 bits per heavy atom. The summed E-state index contributed by atoms with van der Waals surface area (Å²) in [5.74, 6) is 2.12. The lowest BCUT2D eigenvalue weighted by Crippen LogP contribution is -2.03. The van der Waals surface area contributed by atoms with Gasteiger partial charge in [-0.25, -0.2) is 29.9 Å². The lowest BCUT2D eigenvalue weighted by Gasteiger charge is -2.15. The summed E-state index contributed by atoms with van der Waals surface area (Å²) in [5, 5.41) is 17.9. The van der Waals surface area contributed by atoms with Crippen molar-refractivity contribution in [1.29, 1.82) is 0 Å². The van der Waals surface area contributed by atoms with Gasteiger partial charge in [-0.1, -0.05) is 400 Å². The molecule has 0 atom stereocenters. The van der Waals surface area contributed by atoms with Crippen LogP contribution in [0.15, 0.2) is 492 Å². The van der Waals surface area contributed by atoms with E-state index in [1.165, 1.54) is 104 Å². The lowest BCUT2D eigenvalue weighted by molar-refractivity contribution is 1.18. The van der Waals surface area contributed by atoms with Gasteiger partial charge in [-0.15, -0.1) is 0 Å². The summed E-state index contributed by atoms with van der Waals surface area (Å²) in [6, 6.07) is 162. The van der Waals surface area contributed by atoms with Crippen LogP contribution in [0.3, 0.4) is 0 Å². The number of fused-ring (bicyclic) bond motifs is 11. The van der Waals surface area contributed by atoms with E-state index in [2.05, 4.69) is 458 Å². The standard InChI is InChI=1S/C45H29N3.C45H31N3.C37H25N3/c1-2-10-30(11-3-1)31-19-21-32(22-20-31)43-28-44(34-13-8-12-33(26-34)36-14-9-25-46-29-36)48-45(47-43)35-23-24-41-39-17-5-4-15-37(39)38-16-6-7-18-40(38)42(41)27-35;1-2-10-30(11-3-1)31-19-21-32(22-20-31)43-29-44(37-14-8-13-33(26-37)34-23-24-42-36(27-34)15-9-25-46-42)48-45(47-43)41-28-35-12-4-5-16-38(35)39-17-6-7-18-40(39)41;1-2-9-26(10-3-1)27-18-20-29(21-19-27)35-24-36(31-14-6-13-30(23-31)32-15-8-22-38-25-32)40-37(39-35)34-17-7-12-28-11-4-5-16-33(28)34/h1-29H;1-24,26-29,46H,25H2;1-25H. The van der Waals surface area contributed by atoms with Crippen molar-refractivity contribution in [2.24, 2.45) is 0 Å². The summed E-state index contributed by atoms with van der Waals surface area (Å²) >= 11 is 0. The molecule has 0 fully saturated rings. The van der Waals surface area contributed by atoms with Crippen LogP contribution in [0.2, 0.25) is 0 Å². The van der Waals surface area contributed by atoms with Crippen LogP contribution in [0, 0.1) is 0 Å². The molecule has 0 unspecified atom stereocenters. The highest BCUT2D eigenvalue weighted by Gasteiger charge is 2.21. The van der Waals surface area contributed by atoms with Crippen LogP contribution in [-0.2, 0) is 0 Å². The molecule has 638 valence electrons. The topological polar surface area (TPSA) is 115 Å². The third-order valence-electron chi connectivity index (χ3n) is 25.6. The summed E-state index contributed by atoms with van der Waals surface area (Å²) < 4.78 is 0. The van der Waals surface area contributed by atoms with Crippen molar-refractivity contribution in [1.82, 2.24) is 39.9 Å². The van der Waals surface area contributed by atoms with Gasteiger partial charge >= 0.3 is 0 Å². The van der Waals surface area contributed by atoms with E-state index in [0.717, 1.165) is 129 Å². The van der Waals surface area contributed by atoms with Crippen molar-refractivity contribution < 1.29 is 0 Å². The molecule has 0 bridgehead atoms. The largest absolute Gasteiger partial charge is 0.381 e. The predicted octanol–water partition coefficient (Wildman–Crippen LogP) is 32.6. The Hall–Kier alpha value is -18.2. The highest BCUT2D eigenvalue weighted by molar-refractivity contribution is 6.26. The van der Waals surface area contributed by atoms with Gasteiger partial charge in [0.15, 0.2) is 17.5 Å². The van der Waals surface area contributed by atoms with Crippen molar-refractivity contribution >= 4 is 76.4 Å². The van der Waals surface area contributed by atoms with E-state index >= 15 is 0 Å². The minimum atomic E-state index is 0.695. The Morgan fingerprint density at radius 2 is 0.500 bits per heavy atom. The Bertz CT molecular complexity index is 8570. The minimum absolute atomic E-state index is 0.695. The molecule has 1 aliphatic rings. The molecular formula is C127H85N9. The molecule has 0 saturated carbocycles. The van der Waals surface area contributed by atoms with Crippen LogP contribution >= 0.6 is 0 Å². The van der Waals surface area contributed by atoms with E-state index in [1.54, 1.807) is 12.4 Å². The average Bonchev–Trinajstić information content (AvgIpc) is 0.736. The maximum absolute atomic E-state index is 5.29. The Labute approximate surface area is 788 Å². The Kier molecular flexibility index (Phi) is 22.4. The molecule has 136 heavy (non-hydrogen) atoms. The third-order valence-corrected chi connectivity index (χ3v) is 25.6. The van der Waals surface area contributed by atoms with Gasteiger partial charge in [-0.3, -0.25) is 9.97 Å². The number of aromatic nitrogens is 8. The summed E-state index contributed by atoms with van der Waals surface area (Å²) in [7, 11) is 0. The number of nitrogens with one attached hydrogen (secondary N) is 1. The van der Waals surface area contributed by atoms with Gasteiger partial charge in [0.1, 0.15) is 0 Å². The van der Waals surface area contributed by atoms with Gasteiger partial charge in [0.2, 0.25) is 0 Å². The second kappa shape index (κ2) is 37.0. The van der Waals surface area contributed by atoms with Gasteiger partial charge in [-0.05, 0) is 199 Å². The molecule has 0 amide bonds. The number of hydrogen-bond donors (Lipinski definition) is 1. The predicted molar refractivity (Wildman–Crippen MR) is 566 cm³/mol. The monoisotopic (exact) mass is 1740 g/mol. The maximum atomic E-state index is 5.29. The second-order valence-electron chi connectivity index (χ2n) is 34.1. The van der Waals surface area contributed by atoms with Crippen molar-refractivity contribution in [2.75, 3.05) is 11.9 Å². The smallest absolute Gasteiger partial charge is 0.161 e. The van der Waals surface area contributed by atoms with Crippen LogP contribution in [0.4, 0.5) is 5.69 Å². The molecule has 0 radical (unpaired) electrons. The van der Waals surface area contributed by atoms with E-state index < -0.39 is 0 Å². The second-order valence-corrected chi connectivity index (χ2v) is 34.1. The highest BCUT2D eigenvalue weighted by Crippen LogP contribution is 2.43. The molecule has 25 rings (SSSR count). The van der Waals surface area contributed by atoms with Crippen molar-refractivity contribution in [2.45, 2.75) is 0 Å². The zero-order valence-corrected chi connectivity index (χ0v) is 74.1. The van der Waals surface area contributed by atoms with Crippen LogP contribution < -0.4 is 5.32 Å². The molecule has 5 aromatic heterocycles. The molecule has 24 aromatic rings. The van der Waals surface area contributed by atoms with E-state index in [0.29, 0.717) is 17.5 Å². The van der Waals surface area contributed by atoms with Gasteiger partial charge in [0.25, 0.3) is 0 Å². The molecular weight excluding hydrogens is 1650 g/mol. The van der Waals surface area contributed by atoms with E-state index in [1.807, 2.05) is 42.7 Å². The van der Waals surface area contributed by atoms with Crippen molar-refractivity contribution in [3.05, 3.63) is 497 Å². The summed E-state index contributed by atoms with van der Waals surface area (Å²) in [6.45, 7) is 0.863. The zero-order valence-electron chi connectivity index (χ0n) is 74.1. The molecule has 0 saturated heterocycles. The van der Waals surface area contributed by atoms with Crippen molar-refractivity contribution in [3.8, 4) is 168 Å².